The lowest BCUT2D eigenvalue weighted by atomic mass is 9.92. The van der Waals surface area contributed by atoms with Gasteiger partial charge in [0.1, 0.15) is 0 Å². The van der Waals surface area contributed by atoms with Crippen LogP contribution in [-0.2, 0) is 19.0 Å². The summed E-state index contributed by atoms with van der Waals surface area (Å²) in [6.45, 7) is 2.28. The molecule has 0 spiro atoms. The van der Waals surface area contributed by atoms with Crippen molar-refractivity contribution in [2.24, 2.45) is 11.8 Å². The van der Waals surface area contributed by atoms with E-state index in [0.717, 1.165) is 19.3 Å². The maximum Gasteiger partial charge on any atom is 0.306 e. The number of carbonyl (C=O) groups excluding carboxylic acids is 1. The average Bonchev–Trinajstić information content (AvgIpc) is 2.69. The molecule has 1 aliphatic carbocycles. The van der Waals surface area contributed by atoms with E-state index in [1.807, 2.05) is 6.92 Å². The van der Waals surface area contributed by atoms with Gasteiger partial charge in [0.25, 0.3) is 0 Å². The van der Waals surface area contributed by atoms with E-state index in [1.54, 1.807) is 14.2 Å². The zero-order chi connectivity index (χ0) is 12.0. The Kier molecular flexibility index (Phi) is 5.77. The minimum absolute atomic E-state index is 0.106. The third kappa shape index (κ3) is 3.46. The second kappa shape index (κ2) is 6.86. The number of rotatable bonds is 6. The fraction of sp³-hybridized carbons (Fsp3) is 0.917. The largest absolute Gasteiger partial charge is 0.466 e. The molecule has 0 radical (unpaired) electrons. The zero-order valence-electron chi connectivity index (χ0n) is 10.4. The molecule has 0 aromatic heterocycles. The molecule has 1 aliphatic rings. The van der Waals surface area contributed by atoms with E-state index in [0.29, 0.717) is 24.9 Å². The third-order valence-electron chi connectivity index (χ3n) is 3.27. The van der Waals surface area contributed by atoms with Crippen molar-refractivity contribution in [2.75, 3.05) is 20.8 Å². The molecule has 4 nitrogen and oxygen atoms in total. The Hall–Kier alpha value is -0.610. The van der Waals surface area contributed by atoms with Crippen LogP contribution >= 0.6 is 0 Å². The highest BCUT2D eigenvalue weighted by Crippen LogP contribution is 2.37. The summed E-state index contributed by atoms with van der Waals surface area (Å²) in [6.07, 6.45) is 3.56. The smallest absolute Gasteiger partial charge is 0.306 e. The third-order valence-corrected chi connectivity index (χ3v) is 3.27. The average molecular weight is 230 g/mol. The lowest BCUT2D eigenvalue weighted by molar-refractivity contribution is -0.154. The quantitative estimate of drug-likeness (QED) is 0.517. The first kappa shape index (κ1) is 13.5. The maximum atomic E-state index is 11.4. The van der Waals surface area contributed by atoms with E-state index in [2.05, 4.69) is 0 Å². The molecule has 1 rings (SSSR count). The minimum atomic E-state index is -0.193. The van der Waals surface area contributed by atoms with Crippen LogP contribution < -0.4 is 0 Å². The van der Waals surface area contributed by atoms with Gasteiger partial charge in [-0.05, 0) is 25.7 Å². The van der Waals surface area contributed by atoms with Crippen LogP contribution in [0.1, 0.15) is 32.6 Å². The van der Waals surface area contributed by atoms with Crippen molar-refractivity contribution in [3.8, 4) is 0 Å². The lowest BCUT2D eigenvalue weighted by Gasteiger charge is -2.25. The van der Waals surface area contributed by atoms with Gasteiger partial charge in [0.15, 0.2) is 6.29 Å². The van der Waals surface area contributed by atoms with Crippen LogP contribution in [0.3, 0.4) is 0 Å². The Balaban J connectivity index is 2.48. The van der Waals surface area contributed by atoms with Crippen molar-refractivity contribution < 1.29 is 19.0 Å². The van der Waals surface area contributed by atoms with Gasteiger partial charge in [-0.2, -0.15) is 0 Å². The molecule has 0 aliphatic heterocycles. The predicted octanol–water partition coefficient (Wildman–Crippen LogP) is 1.97. The summed E-state index contributed by atoms with van der Waals surface area (Å²) in [6, 6.07) is 0. The van der Waals surface area contributed by atoms with Crippen molar-refractivity contribution in [3.05, 3.63) is 0 Å². The van der Waals surface area contributed by atoms with Crippen molar-refractivity contribution >= 4 is 5.97 Å². The van der Waals surface area contributed by atoms with Crippen LogP contribution in [0, 0.1) is 11.8 Å². The van der Waals surface area contributed by atoms with E-state index in [4.69, 9.17) is 14.2 Å². The molecule has 1 fully saturated rings. The van der Waals surface area contributed by atoms with Gasteiger partial charge in [-0.3, -0.25) is 4.79 Å². The van der Waals surface area contributed by atoms with Crippen molar-refractivity contribution in [1.29, 1.82) is 0 Å². The van der Waals surface area contributed by atoms with Gasteiger partial charge >= 0.3 is 5.97 Å². The monoisotopic (exact) mass is 230 g/mol. The first-order chi connectivity index (χ1) is 7.72. The molecule has 4 heteroatoms. The maximum absolute atomic E-state index is 11.4. The van der Waals surface area contributed by atoms with Crippen molar-refractivity contribution in [3.63, 3.8) is 0 Å². The highest BCUT2D eigenvalue weighted by molar-refractivity contribution is 5.69. The molecule has 0 heterocycles. The van der Waals surface area contributed by atoms with E-state index >= 15 is 0 Å². The van der Waals surface area contributed by atoms with Gasteiger partial charge in [-0.1, -0.05) is 6.42 Å². The highest BCUT2D eigenvalue weighted by Gasteiger charge is 2.35. The van der Waals surface area contributed by atoms with Gasteiger partial charge in [-0.15, -0.1) is 0 Å². The Labute approximate surface area is 97.2 Å². The molecule has 0 N–H and O–H groups in total. The van der Waals surface area contributed by atoms with E-state index in [1.165, 1.54) is 0 Å². The number of carbonyl (C=O) groups is 1. The van der Waals surface area contributed by atoms with E-state index in [9.17, 15) is 4.79 Å². The molecule has 0 saturated heterocycles. The van der Waals surface area contributed by atoms with Gasteiger partial charge < -0.3 is 14.2 Å². The molecule has 16 heavy (non-hydrogen) atoms. The van der Waals surface area contributed by atoms with Crippen molar-refractivity contribution in [2.45, 2.75) is 38.9 Å². The van der Waals surface area contributed by atoms with Gasteiger partial charge in [-0.25, -0.2) is 0 Å². The number of ether oxygens (including phenoxy) is 3. The Morgan fingerprint density at radius 1 is 1.31 bits per heavy atom. The molecule has 2 atom stereocenters. The van der Waals surface area contributed by atoms with Crippen LogP contribution in [0.25, 0.3) is 0 Å². The Morgan fingerprint density at radius 3 is 2.56 bits per heavy atom. The summed E-state index contributed by atoms with van der Waals surface area (Å²) in [4.78, 5) is 11.4. The second-order valence-corrected chi connectivity index (χ2v) is 4.20. The fourth-order valence-electron chi connectivity index (χ4n) is 2.56. The van der Waals surface area contributed by atoms with Gasteiger partial charge in [0.05, 0.1) is 6.61 Å². The standard InChI is InChI=1S/C12H22O4/c1-4-16-11(13)8-9-6-5-7-10(9)12(14-2)15-3/h9-10,12H,4-8H2,1-3H3. The normalized spacial score (nSPS) is 25.0. The number of hydrogen-bond donors (Lipinski definition) is 0. The molecule has 0 bridgehead atoms. The summed E-state index contributed by atoms with van der Waals surface area (Å²) in [5, 5.41) is 0. The minimum Gasteiger partial charge on any atom is -0.466 e. The Morgan fingerprint density at radius 2 is 2.00 bits per heavy atom. The molecular formula is C12H22O4. The molecular weight excluding hydrogens is 208 g/mol. The Bertz CT molecular complexity index is 213. The van der Waals surface area contributed by atoms with Crippen LogP contribution in [0.4, 0.5) is 0 Å². The first-order valence-electron chi connectivity index (χ1n) is 5.94. The number of hydrogen-bond acceptors (Lipinski definition) is 4. The molecule has 1 saturated carbocycles. The van der Waals surface area contributed by atoms with E-state index in [-0.39, 0.29) is 12.3 Å². The van der Waals surface area contributed by atoms with Crippen LogP contribution in [-0.4, -0.2) is 33.1 Å². The van der Waals surface area contributed by atoms with Gasteiger partial charge in [0, 0.05) is 26.6 Å². The van der Waals surface area contributed by atoms with Crippen molar-refractivity contribution in [1.82, 2.24) is 0 Å². The summed E-state index contributed by atoms with van der Waals surface area (Å²) in [5.74, 6) is 0.550. The molecule has 0 aromatic rings. The van der Waals surface area contributed by atoms with E-state index < -0.39 is 0 Å². The van der Waals surface area contributed by atoms with Crippen LogP contribution in [0.5, 0.6) is 0 Å². The lowest BCUT2D eigenvalue weighted by Crippen LogP contribution is -2.29. The fourth-order valence-corrected chi connectivity index (χ4v) is 2.56. The summed E-state index contributed by atoms with van der Waals surface area (Å²) < 4.78 is 15.5. The predicted molar refractivity (Wildman–Crippen MR) is 59.9 cm³/mol. The molecule has 0 aromatic carbocycles. The summed E-state index contributed by atoms with van der Waals surface area (Å²) in [5.41, 5.74) is 0. The second-order valence-electron chi connectivity index (χ2n) is 4.20. The highest BCUT2D eigenvalue weighted by atomic mass is 16.7. The van der Waals surface area contributed by atoms with Crippen LogP contribution in [0.15, 0.2) is 0 Å². The SMILES string of the molecule is CCOC(=O)CC1CCCC1C(OC)OC. The van der Waals surface area contributed by atoms with Crippen LogP contribution in [0.2, 0.25) is 0 Å². The molecule has 94 valence electrons. The summed E-state index contributed by atoms with van der Waals surface area (Å²) >= 11 is 0. The topological polar surface area (TPSA) is 44.8 Å². The van der Waals surface area contributed by atoms with Gasteiger partial charge in [0.2, 0.25) is 0 Å². The molecule has 2 unspecified atom stereocenters. The number of esters is 1. The number of methoxy groups -OCH3 is 2. The summed E-state index contributed by atoms with van der Waals surface area (Å²) in [7, 11) is 3.29. The first-order valence-corrected chi connectivity index (χ1v) is 5.94. The zero-order valence-corrected chi connectivity index (χ0v) is 10.4. The molecule has 0 amide bonds.